The van der Waals surface area contributed by atoms with Crippen molar-refractivity contribution in [2.45, 2.75) is 4.90 Å². The maximum atomic E-state index is 13.4. The van der Waals surface area contributed by atoms with Gasteiger partial charge in [0.2, 0.25) is 0 Å². The van der Waals surface area contributed by atoms with Crippen molar-refractivity contribution >= 4 is 15.7 Å². The number of anilines is 1. The van der Waals surface area contributed by atoms with Crippen LogP contribution in [0.2, 0.25) is 0 Å². The first-order chi connectivity index (χ1) is 9.72. The van der Waals surface area contributed by atoms with Crippen LogP contribution in [0.15, 0.2) is 35.2 Å². The average Bonchev–Trinajstić information content (AvgIpc) is 2.42. The summed E-state index contributed by atoms with van der Waals surface area (Å²) in [7, 11) is -4.71. The van der Waals surface area contributed by atoms with Crippen molar-refractivity contribution < 1.29 is 30.4 Å². The Bertz CT molecular complexity index is 808. The van der Waals surface area contributed by atoms with E-state index in [1.165, 1.54) is 4.72 Å². The molecule has 0 atom stereocenters. The monoisotopic (exact) mass is 323 g/mol. The molecule has 2 aromatic rings. The highest BCUT2D eigenvalue weighted by Crippen LogP contribution is 2.24. The third-order valence-corrected chi connectivity index (χ3v) is 3.84. The molecule has 0 aromatic heterocycles. The summed E-state index contributed by atoms with van der Waals surface area (Å²) in [5.74, 6) is -7.54. The number of hydrogen-bond donors (Lipinski definition) is 1. The largest absolute Gasteiger partial charge is 0.276 e. The molecule has 2 aromatic carbocycles. The van der Waals surface area contributed by atoms with Crippen LogP contribution in [0.1, 0.15) is 0 Å². The van der Waals surface area contributed by atoms with E-state index >= 15 is 0 Å². The van der Waals surface area contributed by atoms with Crippen LogP contribution in [-0.2, 0) is 10.0 Å². The Balaban J connectivity index is 2.47. The summed E-state index contributed by atoms with van der Waals surface area (Å²) < 4.78 is 90.6. The van der Waals surface area contributed by atoms with Crippen LogP contribution >= 0.6 is 0 Å². The fourth-order valence-corrected chi connectivity index (χ4v) is 2.64. The number of halogens is 5. The topological polar surface area (TPSA) is 46.2 Å². The lowest BCUT2D eigenvalue weighted by Crippen LogP contribution is -2.16. The average molecular weight is 323 g/mol. The summed E-state index contributed by atoms with van der Waals surface area (Å²) in [6.07, 6.45) is 0. The van der Waals surface area contributed by atoms with Gasteiger partial charge in [0.25, 0.3) is 10.0 Å². The van der Waals surface area contributed by atoms with Crippen LogP contribution < -0.4 is 4.72 Å². The third kappa shape index (κ3) is 2.97. The summed E-state index contributed by atoms with van der Waals surface area (Å²) in [5.41, 5.74) is -0.933. The Morgan fingerprint density at radius 2 is 1.43 bits per heavy atom. The molecular formula is C12H6F5NO2S. The van der Waals surface area contributed by atoms with Crippen LogP contribution in [-0.4, -0.2) is 8.42 Å². The van der Waals surface area contributed by atoms with E-state index in [2.05, 4.69) is 0 Å². The van der Waals surface area contributed by atoms with E-state index in [-0.39, 0.29) is 0 Å². The fourth-order valence-electron chi connectivity index (χ4n) is 1.49. The number of sulfonamides is 1. The Labute approximate surface area is 116 Å². The van der Waals surface area contributed by atoms with Crippen LogP contribution in [0.3, 0.4) is 0 Å². The zero-order valence-corrected chi connectivity index (χ0v) is 10.8. The Kier molecular flexibility index (Phi) is 3.86. The Morgan fingerprint density at radius 1 is 0.810 bits per heavy atom. The number of rotatable bonds is 3. The highest BCUT2D eigenvalue weighted by Gasteiger charge is 2.23. The molecule has 1 N–H and O–H groups in total. The van der Waals surface area contributed by atoms with Gasteiger partial charge in [-0.05, 0) is 30.3 Å². The highest BCUT2D eigenvalue weighted by molar-refractivity contribution is 7.92. The standard InChI is InChI=1S/C12H6F5NO2S/c13-6-1-2-7(14)10(5-6)21(19,20)18-9-4-3-8(15)11(16)12(9)17/h1-5,18H. The minimum Gasteiger partial charge on any atom is -0.276 e. The molecular weight excluding hydrogens is 317 g/mol. The van der Waals surface area contributed by atoms with E-state index in [9.17, 15) is 30.4 Å². The van der Waals surface area contributed by atoms with Crippen molar-refractivity contribution in [2.24, 2.45) is 0 Å². The van der Waals surface area contributed by atoms with Gasteiger partial charge in [-0.25, -0.2) is 30.4 Å². The predicted octanol–water partition coefficient (Wildman–Crippen LogP) is 3.18. The van der Waals surface area contributed by atoms with E-state index in [0.717, 1.165) is 0 Å². The minimum atomic E-state index is -4.71. The number of benzene rings is 2. The predicted molar refractivity (Wildman–Crippen MR) is 63.5 cm³/mol. The molecule has 0 spiro atoms. The summed E-state index contributed by atoms with van der Waals surface area (Å²) in [4.78, 5) is -1.09. The van der Waals surface area contributed by atoms with Gasteiger partial charge in [0, 0.05) is 0 Å². The lowest BCUT2D eigenvalue weighted by atomic mass is 10.3. The van der Waals surface area contributed by atoms with Gasteiger partial charge in [-0.15, -0.1) is 0 Å². The van der Waals surface area contributed by atoms with Crippen LogP contribution in [0.5, 0.6) is 0 Å². The molecule has 0 aliphatic rings. The first-order valence-corrected chi connectivity index (χ1v) is 6.82. The van der Waals surface area contributed by atoms with Crippen LogP contribution in [0.25, 0.3) is 0 Å². The van der Waals surface area contributed by atoms with Gasteiger partial charge in [-0.1, -0.05) is 0 Å². The normalized spacial score (nSPS) is 11.5. The lowest BCUT2D eigenvalue weighted by Gasteiger charge is -2.10. The molecule has 9 heteroatoms. The van der Waals surface area contributed by atoms with Crippen molar-refractivity contribution in [3.8, 4) is 0 Å². The van der Waals surface area contributed by atoms with Crippen molar-refractivity contribution in [3.05, 3.63) is 59.4 Å². The molecule has 0 amide bonds. The molecule has 0 saturated heterocycles. The molecule has 0 saturated carbocycles. The second kappa shape index (κ2) is 5.32. The van der Waals surface area contributed by atoms with Gasteiger partial charge in [0.05, 0.1) is 5.69 Å². The van der Waals surface area contributed by atoms with E-state index in [1.54, 1.807) is 0 Å². The SMILES string of the molecule is O=S(=O)(Nc1ccc(F)c(F)c1F)c1cc(F)ccc1F. The molecule has 0 fully saturated rings. The molecule has 0 aliphatic heterocycles. The number of nitrogens with one attached hydrogen (secondary N) is 1. The van der Waals surface area contributed by atoms with Gasteiger partial charge >= 0.3 is 0 Å². The van der Waals surface area contributed by atoms with Gasteiger partial charge in [-0.2, -0.15) is 0 Å². The zero-order valence-electron chi connectivity index (χ0n) is 10.0. The van der Waals surface area contributed by atoms with Gasteiger partial charge in [-0.3, -0.25) is 4.72 Å². The molecule has 0 unspecified atom stereocenters. The minimum absolute atomic E-state index is 0.370. The second-order valence-corrected chi connectivity index (χ2v) is 5.55. The van der Waals surface area contributed by atoms with Crippen LogP contribution in [0.4, 0.5) is 27.6 Å². The highest BCUT2D eigenvalue weighted by atomic mass is 32.2. The third-order valence-electron chi connectivity index (χ3n) is 2.46. The summed E-state index contributed by atoms with van der Waals surface area (Å²) in [6, 6.07) is 2.72. The van der Waals surface area contributed by atoms with Gasteiger partial charge in [0.1, 0.15) is 16.5 Å². The smallest absolute Gasteiger partial charge is 0.265 e. The first-order valence-electron chi connectivity index (χ1n) is 5.34. The van der Waals surface area contributed by atoms with Crippen molar-refractivity contribution in [1.82, 2.24) is 0 Å². The van der Waals surface area contributed by atoms with Gasteiger partial charge < -0.3 is 0 Å². The quantitative estimate of drug-likeness (QED) is 0.696. The molecule has 21 heavy (non-hydrogen) atoms. The summed E-state index contributed by atoms with van der Waals surface area (Å²) in [6.45, 7) is 0. The Morgan fingerprint density at radius 3 is 2.10 bits per heavy atom. The molecule has 2 rings (SSSR count). The van der Waals surface area contributed by atoms with Crippen molar-refractivity contribution in [2.75, 3.05) is 4.72 Å². The molecule has 0 bridgehead atoms. The first kappa shape index (κ1) is 15.2. The van der Waals surface area contributed by atoms with E-state index < -0.39 is 49.7 Å². The Hall–Kier alpha value is -2.16. The zero-order chi connectivity index (χ0) is 15.8. The molecule has 112 valence electrons. The molecule has 3 nitrogen and oxygen atoms in total. The molecule has 0 radical (unpaired) electrons. The second-order valence-electron chi connectivity index (χ2n) is 3.90. The summed E-state index contributed by atoms with van der Waals surface area (Å²) in [5, 5.41) is 0. The molecule has 0 heterocycles. The fraction of sp³-hybridized carbons (Fsp3) is 0. The van der Waals surface area contributed by atoms with E-state index in [4.69, 9.17) is 0 Å². The van der Waals surface area contributed by atoms with E-state index in [0.29, 0.717) is 30.3 Å². The maximum Gasteiger partial charge on any atom is 0.265 e. The lowest BCUT2D eigenvalue weighted by molar-refractivity contribution is 0.449. The molecule has 0 aliphatic carbocycles. The van der Waals surface area contributed by atoms with E-state index in [1.807, 2.05) is 0 Å². The number of hydrogen-bond acceptors (Lipinski definition) is 2. The van der Waals surface area contributed by atoms with Crippen molar-refractivity contribution in [1.29, 1.82) is 0 Å². The van der Waals surface area contributed by atoms with Crippen molar-refractivity contribution in [3.63, 3.8) is 0 Å². The van der Waals surface area contributed by atoms with Gasteiger partial charge in [0.15, 0.2) is 17.5 Å². The summed E-state index contributed by atoms with van der Waals surface area (Å²) >= 11 is 0. The maximum absolute atomic E-state index is 13.4. The van der Waals surface area contributed by atoms with Crippen LogP contribution in [0, 0.1) is 29.1 Å².